The molecule has 1 heterocycles. The number of para-hydroxylation sites is 2. The molecule has 0 saturated heterocycles. The number of fused-ring (bicyclic) bond motifs is 1. The molecule has 0 atom stereocenters. The summed E-state index contributed by atoms with van der Waals surface area (Å²) in [6.45, 7) is -0.411. The first-order valence-corrected chi connectivity index (χ1v) is 11.1. The fraction of sp³-hybridized carbons (Fsp3) is 0.120. The Labute approximate surface area is 194 Å². The number of hydrogen-bond donors (Lipinski definition) is 1. The highest BCUT2D eigenvalue weighted by Gasteiger charge is 2.16. The Morgan fingerprint density at radius 3 is 2.58 bits per heavy atom. The molecule has 4 rings (SSSR count). The largest absolute Gasteiger partial charge is 0.452 e. The second-order valence-corrected chi connectivity index (χ2v) is 7.98. The normalized spacial score (nSPS) is 10.5. The summed E-state index contributed by atoms with van der Waals surface area (Å²) in [6.07, 6.45) is 0.302. The number of carbonyl (C=O) groups is 2. The molecule has 0 aliphatic carbocycles. The molecule has 0 aliphatic rings. The highest BCUT2D eigenvalue weighted by atomic mass is 32.2. The Hall–Kier alpha value is -4.09. The summed E-state index contributed by atoms with van der Waals surface area (Å²) in [6, 6.07) is 23.6. The number of hydrogen-bond acceptors (Lipinski definition) is 7. The van der Waals surface area contributed by atoms with Gasteiger partial charge in [0.25, 0.3) is 11.1 Å². The fourth-order valence-electron chi connectivity index (χ4n) is 3.10. The second-order valence-electron chi connectivity index (χ2n) is 7.05. The first-order valence-electron chi connectivity index (χ1n) is 10.1. The average molecular weight is 458 g/mol. The number of esters is 1. The maximum absolute atomic E-state index is 12.6. The lowest BCUT2D eigenvalue weighted by atomic mass is 10.1. The molecule has 0 radical (unpaired) electrons. The molecule has 1 amide bonds. The van der Waals surface area contributed by atoms with Gasteiger partial charge in [-0.3, -0.25) is 4.79 Å². The van der Waals surface area contributed by atoms with Crippen molar-refractivity contribution in [2.45, 2.75) is 17.4 Å². The van der Waals surface area contributed by atoms with Crippen molar-refractivity contribution < 1.29 is 18.7 Å². The van der Waals surface area contributed by atoms with Crippen molar-refractivity contribution in [1.29, 1.82) is 5.26 Å². The van der Waals surface area contributed by atoms with E-state index in [-0.39, 0.29) is 0 Å². The molecule has 8 heteroatoms. The van der Waals surface area contributed by atoms with Crippen LogP contribution >= 0.6 is 11.8 Å². The van der Waals surface area contributed by atoms with E-state index in [1.807, 2.05) is 36.4 Å². The van der Waals surface area contributed by atoms with Crippen molar-refractivity contribution in [3.05, 3.63) is 89.5 Å². The third-order valence-corrected chi connectivity index (χ3v) is 5.59. The van der Waals surface area contributed by atoms with E-state index >= 15 is 0 Å². The van der Waals surface area contributed by atoms with Crippen LogP contribution in [-0.4, -0.2) is 23.5 Å². The number of nitrogens with one attached hydrogen (secondary N) is 1. The molecule has 3 aromatic carbocycles. The Morgan fingerprint density at radius 1 is 1.03 bits per heavy atom. The monoisotopic (exact) mass is 457 g/mol. The number of aromatic nitrogens is 1. The minimum absolute atomic E-state index is 0.302. The van der Waals surface area contributed by atoms with E-state index in [4.69, 9.17) is 14.4 Å². The van der Waals surface area contributed by atoms with Gasteiger partial charge in [-0.25, -0.2) is 9.78 Å². The summed E-state index contributed by atoms with van der Waals surface area (Å²) >= 11 is 1.38. The van der Waals surface area contributed by atoms with Crippen LogP contribution < -0.4 is 5.32 Å². The number of benzene rings is 3. The van der Waals surface area contributed by atoms with Gasteiger partial charge in [0.1, 0.15) is 5.52 Å². The van der Waals surface area contributed by atoms with E-state index in [9.17, 15) is 9.59 Å². The minimum atomic E-state index is -0.580. The molecule has 0 unspecified atom stereocenters. The number of nitrogens with zero attached hydrogens (tertiary/aromatic N) is 2. The summed E-state index contributed by atoms with van der Waals surface area (Å²) in [4.78, 5) is 29.2. The van der Waals surface area contributed by atoms with Crippen molar-refractivity contribution in [3.8, 4) is 6.07 Å². The number of amides is 1. The van der Waals surface area contributed by atoms with Gasteiger partial charge < -0.3 is 14.5 Å². The van der Waals surface area contributed by atoms with Crippen LogP contribution in [0.1, 0.15) is 21.5 Å². The molecule has 7 nitrogen and oxygen atoms in total. The lowest BCUT2D eigenvalue weighted by molar-refractivity contribution is -0.119. The van der Waals surface area contributed by atoms with Crippen LogP contribution in [0.2, 0.25) is 0 Å². The maximum Gasteiger partial charge on any atom is 0.338 e. The van der Waals surface area contributed by atoms with Gasteiger partial charge in [-0.15, -0.1) is 0 Å². The predicted octanol–water partition coefficient (Wildman–Crippen LogP) is 4.98. The number of thioether (sulfide) groups is 1. The van der Waals surface area contributed by atoms with E-state index in [2.05, 4.69) is 16.4 Å². The lowest BCUT2D eigenvalue weighted by Gasteiger charge is -2.09. The number of ether oxygens (including phenoxy) is 1. The number of anilines is 1. The molecule has 33 heavy (non-hydrogen) atoms. The van der Waals surface area contributed by atoms with Crippen molar-refractivity contribution >= 4 is 40.4 Å². The van der Waals surface area contributed by atoms with E-state index in [1.165, 1.54) is 11.8 Å². The van der Waals surface area contributed by atoms with Crippen LogP contribution in [0.5, 0.6) is 0 Å². The van der Waals surface area contributed by atoms with E-state index in [0.29, 0.717) is 34.2 Å². The van der Waals surface area contributed by atoms with Gasteiger partial charge in [-0.05, 0) is 41.5 Å². The van der Waals surface area contributed by atoms with Crippen LogP contribution in [0.3, 0.4) is 0 Å². The van der Waals surface area contributed by atoms with Crippen molar-refractivity contribution in [1.82, 2.24) is 4.98 Å². The molecular formula is C25H19N3O4S. The van der Waals surface area contributed by atoms with E-state index < -0.39 is 18.5 Å². The molecular weight excluding hydrogens is 438 g/mol. The summed E-state index contributed by atoms with van der Waals surface area (Å²) in [5, 5.41) is 11.9. The van der Waals surface area contributed by atoms with Gasteiger partial charge in [0.2, 0.25) is 0 Å². The van der Waals surface area contributed by atoms with E-state index in [1.54, 1.807) is 36.4 Å². The zero-order valence-corrected chi connectivity index (χ0v) is 18.3. The first-order chi connectivity index (χ1) is 16.1. The molecule has 0 aliphatic heterocycles. The van der Waals surface area contributed by atoms with Crippen LogP contribution in [0, 0.1) is 11.3 Å². The number of nitriles is 1. The molecule has 0 spiro atoms. The Kier molecular flexibility index (Phi) is 7.03. The topological polar surface area (TPSA) is 105 Å². The van der Waals surface area contributed by atoms with Gasteiger partial charge in [0.05, 0.1) is 18.1 Å². The molecule has 4 aromatic rings. The highest BCUT2D eigenvalue weighted by Crippen LogP contribution is 2.27. The van der Waals surface area contributed by atoms with Crippen LogP contribution in [0.4, 0.5) is 5.69 Å². The van der Waals surface area contributed by atoms with Gasteiger partial charge in [-0.1, -0.05) is 54.2 Å². The predicted molar refractivity (Wildman–Crippen MR) is 125 cm³/mol. The van der Waals surface area contributed by atoms with Crippen molar-refractivity contribution in [2.75, 3.05) is 11.9 Å². The lowest BCUT2D eigenvalue weighted by Crippen LogP contribution is -2.21. The summed E-state index contributed by atoms with van der Waals surface area (Å²) in [5.74, 6) is -0.572. The van der Waals surface area contributed by atoms with Crippen molar-refractivity contribution in [3.63, 3.8) is 0 Å². The van der Waals surface area contributed by atoms with Gasteiger partial charge in [-0.2, -0.15) is 5.26 Å². The molecule has 1 aromatic heterocycles. The Balaban J connectivity index is 1.33. The molecule has 0 fully saturated rings. The molecule has 1 N–H and O–H groups in total. The fourth-order valence-corrected chi connectivity index (χ4v) is 3.94. The minimum Gasteiger partial charge on any atom is -0.452 e. The van der Waals surface area contributed by atoms with Gasteiger partial charge >= 0.3 is 5.97 Å². The summed E-state index contributed by atoms with van der Waals surface area (Å²) in [7, 11) is 0. The van der Waals surface area contributed by atoms with Gasteiger partial charge in [0, 0.05) is 11.4 Å². The quantitative estimate of drug-likeness (QED) is 0.294. The number of rotatable bonds is 8. The van der Waals surface area contributed by atoms with Crippen molar-refractivity contribution in [2.24, 2.45) is 0 Å². The molecule has 164 valence electrons. The van der Waals surface area contributed by atoms with Crippen LogP contribution in [-0.2, 0) is 21.7 Å². The smallest absolute Gasteiger partial charge is 0.338 e. The average Bonchev–Trinajstić information content (AvgIpc) is 3.26. The zero-order chi connectivity index (χ0) is 23.0. The Bertz CT molecular complexity index is 1290. The number of carbonyl (C=O) groups excluding carboxylic acids is 2. The van der Waals surface area contributed by atoms with E-state index in [0.717, 1.165) is 16.6 Å². The third kappa shape index (κ3) is 5.79. The first kappa shape index (κ1) is 22.1. The van der Waals surface area contributed by atoms with Crippen LogP contribution in [0.15, 0.2) is 82.4 Å². The third-order valence-electron chi connectivity index (χ3n) is 4.72. The van der Waals surface area contributed by atoms with Crippen LogP contribution in [0.25, 0.3) is 11.1 Å². The molecule has 0 saturated carbocycles. The standard InChI is InChI=1S/C25H19N3O4S/c26-14-13-17-9-11-19(12-10-17)27-23(29)15-31-24(30)20-6-2-1-5-18(20)16-33-25-28-21-7-3-4-8-22(21)32-25/h1-12H,13,15-16H2,(H,27,29). The molecule has 0 bridgehead atoms. The summed E-state index contributed by atoms with van der Waals surface area (Å²) in [5.41, 5.74) is 4.04. The SMILES string of the molecule is N#CCc1ccc(NC(=O)COC(=O)c2ccccc2CSc2nc3ccccc3o2)cc1. The Morgan fingerprint density at radius 2 is 1.79 bits per heavy atom. The van der Waals surface area contributed by atoms with Gasteiger partial charge in [0.15, 0.2) is 12.2 Å². The highest BCUT2D eigenvalue weighted by molar-refractivity contribution is 7.98. The number of oxazole rings is 1. The maximum atomic E-state index is 12.6. The second kappa shape index (κ2) is 10.5. The zero-order valence-electron chi connectivity index (χ0n) is 17.5. The summed E-state index contributed by atoms with van der Waals surface area (Å²) < 4.78 is 10.9.